The Balaban J connectivity index is 1.81. The smallest absolute Gasteiger partial charge is 0.120 e. The van der Waals surface area contributed by atoms with Crippen LogP contribution in [0.3, 0.4) is 0 Å². The Morgan fingerprint density at radius 1 is 1.53 bits per heavy atom. The Bertz CT molecular complexity index is 362. The molecular formula is C13H20N2O2. The molecule has 2 rings (SSSR count). The summed E-state index contributed by atoms with van der Waals surface area (Å²) in [5, 5.41) is 3.38. The highest BCUT2D eigenvalue weighted by Gasteiger charge is 2.14. The van der Waals surface area contributed by atoms with Crippen molar-refractivity contribution in [1.29, 1.82) is 0 Å². The van der Waals surface area contributed by atoms with E-state index in [4.69, 9.17) is 15.2 Å². The first kappa shape index (κ1) is 12.2. The van der Waals surface area contributed by atoms with E-state index in [0.717, 1.165) is 43.1 Å². The van der Waals surface area contributed by atoms with Gasteiger partial charge in [-0.2, -0.15) is 0 Å². The molecule has 94 valence electrons. The first-order chi connectivity index (χ1) is 8.29. The van der Waals surface area contributed by atoms with Crippen molar-refractivity contribution in [2.45, 2.75) is 25.5 Å². The molecule has 4 heteroatoms. The van der Waals surface area contributed by atoms with Crippen molar-refractivity contribution in [3.8, 4) is 5.75 Å². The molecule has 1 aromatic carbocycles. The molecule has 1 heterocycles. The third kappa shape index (κ3) is 3.35. The first-order valence-corrected chi connectivity index (χ1v) is 6.04. The van der Waals surface area contributed by atoms with Gasteiger partial charge in [0.15, 0.2) is 0 Å². The fraction of sp³-hybridized carbons (Fsp3) is 0.538. The number of hydrogen-bond acceptors (Lipinski definition) is 4. The van der Waals surface area contributed by atoms with E-state index in [1.807, 2.05) is 18.2 Å². The van der Waals surface area contributed by atoms with Crippen LogP contribution in [-0.4, -0.2) is 26.4 Å². The number of nitrogen functional groups attached to an aromatic ring is 1. The molecule has 0 aliphatic carbocycles. The van der Waals surface area contributed by atoms with Gasteiger partial charge in [0.05, 0.1) is 13.2 Å². The van der Waals surface area contributed by atoms with E-state index < -0.39 is 0 Å². The van der Waals surface area contributed by atoms with Gasteiger partial charge < -0.3 is 20.5 Å². The van der Waals surface area contributed by atoms with Crippen LogP contribution in [0.2, 0.25) is 0 Å². The van der Waals surface area contributed by atoms with Crippen LogP contribution < -0.4 is 15.8 Å². The lowest BCUT2D eigenvalue weighted by molar-refractivity contribution is 0.110. The molecule has 1 unspecified atom stereocenters. The SMILES string of the molecule is COc1ccc(CNCC2CCCO2)c(N)c1. The lowest BCUT2D eigenvalue weighted by atomic mass is 10.1. The molecule has 1 fully saturated rings. The molecule has 0 amide bonds. The molecule has 1 aliphatic rings. The van der Waals surface area contributed by atoms with E-state index in [-0.39, 0.29) is 0 Å². The van der Waals surface area contributed by atoms with Crippen LogP contribution in [0.1, 0.15) is 18.4 Å². The third-order valence-electron chi connectivity index (χ3n) is 3.06. The van der Waals surface area contributed by atoms with E-state index in [1.54, 1.807) is 7.11 Å². The summed E-state index contributed by atoms with van der Waals surface area (Å²) in [5.41, 5.74) is 7.81. The number of nitrogens with two attached hydrogens (primary N) is 1. The standard InChI is InChI=1S/C13H20N2O2/c1-16-11-5-4-10(13(14)7-11)8-15-9-12-3-2-6-17-12/h4-5,7,12,15H,2-3,6,8-9,14H2,1H3. The van der Waals surface area contributed by atoms with E-state index in [1.165, 1.54) is 6.42 Å². The summed E-state index contributed by atoms with van der Waals surface area (Å²) in [7, 11) is 1.64. The average molecular weight is 236 g/mol. The van der Waals surface area contributed by atoms with Gasteiger partial charge in [-0.25, -0.2) is 0 Å². The molecule has 3 N–H and O–H groups in total. The summed E-state index contributed by atoms with van der Waals surface area (Å²) < 4.78 is 10.7. The predicted octanol–water partition coefficient (Wildman–Crippen LogP) is 1.55. The lowest BCUT2D eigenvalue weighted by Gasteiger charge is -2.12. The quantitative estimate of drug-likeness (QED) is 0.762. The second-order valence-electron chi connectivity index (χ2n) is 4.33. The first-order valence-electron chi connectivity index (χ1n) is 6.04. The van der Waals surface area contributed by atoms with Crippen LogP contribution in [0, 0.1) is 0 Å². The molecule has 0 spiro atoms. The van der Waals surface area contributed by atoms with Gasteiger partial charge in [-0.3, -0.25) is 0 Å². The highest BCUT2D eigenvalue weighted by Crippen LogP contribution is 2.19. The fourth-order valence-corrected chi connectivity index (χ4v) is 2.03. The monoisotopic (exact) mass is 236 g/mol. The maximum atomic E-state index is 5.94. The van der Waals surface area contributed by atoms with Crippen molar-refractivity contribution in [2.75, 3.05) is 26.0 Å². The summed E-state index contributed by atoms with van der Waals surface area (Å²) >= 11 is 0. The number of benzene rings is 1. The van der Waals surface area contributed by atoms with E-state index in [2.05, 4.69) is 5.32 Å². The Morgan fingerprint density at radius 3 is 3.06 bits per heavy atom. The molecular weight excluding hydrogens is 216 g/mol. The molecule has 1 atom stereocenters. The summed E-state index contributed by atoms with van der Waals surface area (Å²) in [6, 6.07) is 5.78. The van der Waals surface area contributed by atoms with Gasteiger partial charge in [-0.05, 0) is 24.5 Å². The van der Waals surface area contributed by atoms with Crippen molar-refractivity contribution in [2.24, 2.45) is 0 Å². The zero-order valence-corrected chi connectivity index (χ0v) is 10.2. The van der Waals surface area contributed by atoms with Crippen molar-refractivity contribution in [1.82, 2.24) is 5.32 Å². The second kappa shape index (κ2) is 5.89. The van der Waals surface area contributed by atoms with E-state index >= 15 is 0 Å². The van der Waals surface area contributed by atoms with Gasteiger partial charge >= 0.3 is 0 Å². The number of nitrogens with one attached hydrogen (secondary N) is 1. The molecule has 0 saturated carbocycles. The van der Waals surface area contributed by atoms with Crippen molar-refractivity contribution < 1.29 is 9.47 Å². The van der Waals surface area contributed by atoms with Crippen LogP contribution in [0.4, 0.5) is 5.69 Å². The van der Waals surface area contributed by atoms with Gasteiger partial charge in [0, 0.05) is 31.5 Å². The summed E-state index contributed by atoms with van der Waals surface area (Å²) in [6.45, 7) is 2.57. The fourth-order valence-electron chi connectivity index (χ4n) is 2.03. The highest BCUT2D eigenvalue weighted by molar-refractivity contribution is 5.51. The molecule has 0 bridgehead atoms. The molecule has 17 heavy (non-hydrogen) atoms. The van der Waals surface area contributed by atoms with Crippen molar-refractivity contribution >= 4 is 5.69 Å². The maximum absolute atomic E-state index is 5.94. The molecule has 1 aliphatic heterocycles. The van der Waals surface area contributed by atoms with Crippen LogP contribution in [0.5, 0.6) is 5.75 Å². The number of methoxy groups -OCH3 is 1. The number of rotatable bonds is 5. The maximum Gasteiger partial charge on any atom is 0.120 e. The van der Waals surface area contributed by atoms with Crippen molar-refractivity contribution in [3.05, 3.63) is 23.8 Å². The predicted molar refractivity (Wildman–Crippen MR) is 68.1 cm³/mol. The minimum Gasteiger partial charge on any atom is -0.497 e. The topological polar surface area (TPSA) is 56.5 Å². The Morgan fingerprint density at radius 2 is 2.41 bits per heavy atom. The molecule has 0 radical (unpaired) electrons. The summed E-state index contributed by atoms with van der Waals surface area (Å²) in [5.74, 6) is 0.797. The minimum absolute atomic E-state index is 0.370. The van der Waals surface area contributed by atoms with Crippen molar-refractivity contribution in [3.63, 3.8) is 0 Å². The third-order valence-corrected chi connectivity index (χ3v) is 3.06. The van der Waals surface area contributed by atoms with Gasteiger partial charge in [0.1, 0.15) is 5.75 Å². The molecule has 0 aromatic heterocycles. The molecule has 4 nitrogen and oxygen atoms in total. The van der Waals surface area contributed by atoms with Gasteiger partial charge in [0.2, 0.25) is 0 Å². The van der Waals surface area contributed by atoms with E-state index in [0.29, 0.717) is 6.10 Å². The number of ether oxygens (including phenoxy) is 2. The number of hydrogen-bond donors (Lipinski definition) is 2. The summed E-state index contributed by atoms with van der Waals surface area (Å²) in [6.07, 6.45) is 2.71. The second-order valence-corrected chi connectivity index (χ2v) is 4.33. The normalized spacial score (nSPS) is 19.5. The Labute approximate surface area is 102 Å². The van der Waals surface area contributed by atoms with Gasteiger partial charge in [-0.1, -0.05) is 6.07 Å². The van der Waals surface area contributed by atoms with E-state index in [9.17, 15) is 0 Å². The van der Waals surface area contributed by atoms with Gasteiger partial charge in [-0.15, -0.1) is 0 Å². The van der Waals surface area contributed by atoms with Crippen LogP contribution in [0.25, 0.3) is 0 Å². The zero-order valence-electron chi connectivity index (χ0n) is 10.2. The van der Waals surface area contributed by atoms with Crippen LogP contribution in [-0.2, 0) is 11.3 Å². The van der Waals surface area contributed by atoms with Crippen LogP contribution >= 0.6 is 0 Å². The Kier molecular flexibility index (Phi) is 4.23. The summed E-state index contributed by atoms with van der Waals surface area (Å²) in [4.78, 5) is 0. The highest BCUT2D eigenvalue weighted by atomic mass is 16.5. The molecule has 1 aromatic rings. The minimum atomic E-state index is 0.370. The van der Waals surface area contributed by atoms with Crippen LogP contribution in [0.15, 0.2) is 18.2 Å². The van der Waals surface area contributed by atoms with Gasteiger partial charge in [0.25, 0.3) is 0 Å². The zero-order chi connectivity index (χ0) is 12.1. The number of anilines is 1. The molecule has 1 saturated heterocycles. The Hall–Kier alpha value is -1.26. The largest absolute Gasteiger partial charge is 0.497 e. The average Bonchev–Trinajstić information content (AvgIpc) is 2.84. The lowest BCUT2D eigenvalue weighted by Crippen LogP contribution is -2.26.